The first-order valence-electron chi connectivity index (χ1n) is 12.3. The fourth-order valence-corrected chi connectivity index (χ4v) is 6.57. The average Bonchev–Trinajstić information content (AvgIpc) is 3.50. The molecule has 5 aliphatic rings. The number of rotatable bonds is 4. The van der Waals surface area contributed by atoms with Crippen molar-refractivity contribution in [1.82, 2.24) is 36.4 Å². The summed E-state index contributed by atoms with van der Waals surface area (Å²) >= 11 is 0. The van der Waals surface area contributed by atoms with Crippen LogP contribution < -0.4 is 21.6 Å². The van der Waals surface area contributed by atoms with Crippen molar-refractivity contribution in [1.29, 1.82) is 0 Å². The Morgan fingerprint density at radius 1 is 1.06 bits per heavy atom. The van der Waals surface area contributed by atoms with Crippen molar-refractivity contribution in [2.45, 2.75) is 75.2 Å². The lowest BCUT2D eigenvalue weighted by Gasteiger charge is -2.38. The predicted molar refractivity (Wildman–Crippen MR) is 118 cm³/mol. The standard InChI is InChI=1S/C22H39N7O2/c1-27(12-15-7-9-23-28(15)2)22(31)20-16-13-29(10-8-18(16)25-26-20)21(30)19-11-14-5-3-4-6-17(14)24-19/h14-20,23-26H,3-13H2,1-2H3. The average molecular weight is 434 g/mol. The molecule has 0 aromatic carbocycles. The van der Waals surface area contributed by atoms with Crippen molar-refractivity contribution >= 4 is 11.8 Å². The Balaban J connectivity index is 1.19. The quantitative estimate of drug-likeness (QED) is 0.465. The van der Waals surface area contributed by atoms with Gasteiger partial charge in [0, 0.05) is 64.3 Å². The molecule has 7 unspecified atom stereocenters. The van der Waals surface area contributed by atoms with Crippen LogP contribution in [-0.2, 0) is 9.59 Å². The molecule has 0 aromatic rings. The highest BCUT2D eigenvalue weighted by molar-refractivity contribution is 5.84. The van der Waals surface area contributed by atoms with Gasteiger partial charge >= 0.3 is 0 Å². The number of carbonyl (C=O) groups is 2. The highest BCUT2D eigenvalue weighted by Gasteiger charge is 2.47. The van der Waals surface area contributed by atoms with Crippen LogP contribution in [0.4, 0.5) is 0 Å². The third-order valence-corrected chi connectivity index (χ3v) is 8.50. The molecule has 5 fully saturated rings. The van der Waals surface area contributed by atoms with E-state index in [1.807, 2.05) is 23.9 Å². The summed E-state index contributed by atoms with van der Waals surface area (Å²) < 4.78 is 0. The Morgan fingerprint density at radius 2 is 1.90 bits per heavy atom. The van der Waals surface area contributed by atoms with E-state index < -0.39 is 0 Å². The van der Waals surface area contributed by atoms with Crippen molar-refractivity contribution in [3.05, 3.63) is 0 Å². The topological polar surface area (TPSA) is 92.0 Å². The summed E-state index contributed by atoms with van der Waals surface area (Å²) in [5, 5.41) is 5.75. The van der Waals surface area contributed by atoms with Crippen molar-refractivity contribution in [2.24, 2.45) is 11.8 Å². The third-order valence-electron chi connectivity index (χ3n) is 8.50. The maximum atomic E-state index is 13.3. The number of hydrogen-bond donors (Lipinski definition) is 4. The molecular weight excluding hydrogens is 394 g/mol. The van der Waals surface area contributed by atoms with Gasteiger partial charge < -0.3 is 15.1 Å². The van der Waals surface area contributed by atoms with Gasteiger partial charge in [-0.05, 0) is 38.0 Å². The van der Waals surface area contributed by atoms with E-state index in [9.17, 15) is 9.59 Å². The van der Waals surface area contributed by atoms with Gasteiger partial charge in [-0.1, -0.05) is 12.8 Å². The molecule has 174 valence electrons. The van der Waals surface area contributed by atoms with Crippen LogP contribution in [0.15, 0.2) is 0 Å². The van der Waals surface area contributed by atoms with E-state index >= 15 is 0 Å². The first-order chi connectivity index (χ1) is 15.0. The van der Waals surface area contributed by atoms with E-state index in [4.69, 9.17) is 0 Å². The van der Waals surface area contributed by atoms with Crippen LogP contribution in [0, 0.1) is 11.8 Å². The predicted octanol–water partition coefficient (Wildman–Crippen LogP) is -0.732. The van der Waals surface area contributed by atoms with Crippen LogP contribution >= 0.6 is 0 Å². The molecule has 1 saturated carbocycles. The molecule has 1 aliphatic carbocycles. The fourth-order valence-electron chi connectivity index (χ4n) is 6.57. The van der Waals surface area contributed by atoms with Crippen molar-refractivity contribution < 1.29 is 9.59 Å². The minimum Gasteiger partial charge on any atom is -0.343 e. The van der Waals surface area contributed by atoms with Gasteiger partial charge in [-0.2, -0.15) is 0 Å². The Morgan fingerprint density at radius 3 is 2.68 bits per heavy atom. The number of nitrogens with zero attached hydrogens (tertiary/aromatic N) is 3. The molecule has 4 N–H and O–H groups in total. The molecule has 5 rings (SSSR count). The molecule has 31 heavy (non-hydrogen) atoms. The molecule has 7 atom stereocenters. The van der Waals surface area contributed by atoms with Gasteiger partial charge in [0.2, 0.25) is 11.8 Å². The van der Waals surface area contributed by atoms with Gasteiger partial charge in [-0.3, -0.25) is 20.4 Å². The van der Waals surface area contributed by atoms with E-state index in [2.05, 4.69) is 26.6 Å². The number of piperidine rings is 1. The van der Waals surface area contributed by atoms with Gasteiger partial charge in [0.05, 0.1) is 6.04 Å². The number of likely N-dealkylation sites (N-methyl/N-ethyl adjacent to an activating group) is 2. The van der Waals surface area contributed by atoms with Gasteiger partial charge in [0.1, 0.15) is 6.04 Å². The Labute approximate surface area is 185 Å². The van der Waals surface area contributed by atoms with Crippen LogP contribution in [0.5, 0.6) is 0 Å². The molecule has 0 radical (unpaired) electrons. The molecule has 0 bridgehead atoms. The molecule has 4 heterocycles. The summed E-state index contributed by atoms with van der Waals surface area (Å²) in [4.78, 5) is 30.5. The summed E-state index contributed by atoms with van der Waals surface area (Å²) in [6, 6.07) is 0.821. The maximum absolute atomic E-state index is 13.3. The first-order valence-corrected chi connectivity index (χ1v) is 12.3. The van der Waals surface area contributed by atoms with Crippen LogP contribution in [0.2, 0.25) is 0 Å². The van der Waals surface area contributed by atoms with Gasteiger partial charge in [0.15, 0.2) is 0 Å². The summed E-state index contributed by atoms with van der Waals surface area (Å²) in [6.07, 6.45) is 7.98. The lowest BCUT2D eigenvalue weighted by Crippen LogP contribution is -2.55. The monoisotopic (exact) mass is 433 g/mol. The van der Waals surface area contributed by atoms with Crippen molar-refractivity contribution in [3.63, 3.8) is 0 Å². The van der Waals surface area contributed by atoms with Crippen LogP contribution in [0.1, 0.15) is 44.9 Å². The van der Waals surface area contributed by atoms with Gasteiger partial charge in [-0.15, -0.1) is 0 Å². The van der Waals surface area contributed by atoms with E-state index in [1.54, 1.807) is 0 Å². The highest BCUT2D eigenvalue weighted by atomic mass is 16.2. The molecule has 9 heteroatoms. The van der Waals surface area contributed by atoms with E-state index in [0.29, 0.717) is 24.5 Å². The second-order valence-electron chi connectivity index (χ2n) is 10.4. The number of hydrogen-bond acceptors (Lipinski definition) is 7. The maximum Gasteiger partial charge on any atom is 0.241 e. The number of hydrazine groups is 2. The first kappa shape index (κ1) is 21.6. The van der Waals surface area contributed by atoms with E-state index in [-0.39, 0.29) is 35.9 Å². The van der Waals surface area contributed by atoms with Crippen LogP contribution in [0.3, 0.4) is 0 Å². The summed E-state index contributed by atoms with van der Waals surface area (Å²) in [6.45, 7) is 3.12. The summed E-state index contributed by atoms with van der Waals surface area (Å²) in [5.41, 5.74) is 9.91. The molecule has 4 aliphatic heterocycles. The molecule has 4 saturated heterocycles. The Bertz CT molecular complexity index is 677. The summed E-state index contributed by atoms with van der Waals surface area (Å²) in [7, 11) is 3.94. The number of nitrogens with one attached hydrogen (secondary N) is 4. The fraction of sp³-hybridized carbons (Fsp3) is 0.909. The lowest BCUT2D eigenvalue weighted by atomic mass is 9.84. The van der Waals surface area contributed by atoms with Gasteiger partial charge in [0.25, 0.3) is 0 Å². The van der Waals surface area contributed by atoms with E-state index in [1.165, 1.54) is 25.7 Å². The highest BCUT2D eigenvalue weighted by Crippen LogP contribution is 2.34. The largest absolute Gasteiger partial charge is 0.343 e. The number of carbonyl (C=O) groups excluding carboxylic acids is 2. The molecular formula is C22H39N7O2. The number of fused-ring (bicyclic) bond motifs is 2. The Kier molecular flexibility index (Phi) is 6.22. The smallest absolute Gasteiger partial charge is 0.241 e. The molecule has 2 amide bonds. The molecule has 0 aromatic heterocycles. The van der Waals surface area contributed by atoms with Crippen molar-refractivity contribution in [3.8, 4) is 0 Å². The zero-order chi connectivity index (χ0) is 21.5. The number of likely N-dealkylation sites (tertiary alicyclic amines) is 1. The summed E-state index contributed by atoms with van der Waals surface area (Å²) in [5.74, 6) is 1.16. The minimum atomic E-state index is -0.274. The van der Waals surface area contributed by atoms with Crippen LogP contribution in [-0.4, -0.2) is 97.1 Å². The molecule has 9 nitrogen and oxygen atoms in total. The SMILES string of the molecule is CN(CC1CCNN1C)C(=O)C1NNC2CCN(C(=O)C3CC4CCCCC4N3)CC21. The minimum absolute atomic E-state index is 0.0331. The van der Waals surface area contributed by atoms with Crippen molar-refractivity contribution in [2.75, 3.05) is 40.3 Å². The zero-order valence-corrected chi connectivity index (χ0v) is 19.0. The Hall–Kier alpha value is -1.26. The lowest BCUT2D eigenvalue weighted by molar-refractivity contribution is -0.138. The second kappa shape index (κ2) is 8.94. The zero-order valence-electron chi connectivity index (χ0n) is 19.0. The van der Waals surface area contributed by atoms with Gasteiger partial charge in [-0.25, -0.2) is 10.4 Å². The normalized spacial score (nSPS) is 40.6. The third kappa shape index (κ3) is 4.23. The van der Waals surface area contributed by atoms with Crippen LogP contribution in [0.25, 0.3) is 0 Å². The number of amides is 2. The van der Waals surface area contributed by atoms with E-state index in [0.717, 1.165) is 38.9 Å². The molecule has 0 spiro atoms. The second-order valence-corrected chi connectivity index (χ2v) is 10.4.